The van der Waals surface area contributed by atoms with Crippen molar-refractivity contribution < 1.29 is 4.74 Å². The molecule has 1 atom stereocenters. The molecule has 0 fully saturated rings. The fraction of sp³-hybridized carbons (Fsp3) is 0.333. The molecule has 0 spiro atoms. The molecule has 106 valence electrons. The molecule has 0 saturated heterocycles. The zero-order valence-corrected chi connectivity index (χ0v) is 12.3. The summed E-state index contributed by atoms with van der Waals surface area (Å²) in [7, 11) is 0. The standard InChI is InChI=1S/C18H23NO/c1-3-4-15-7-11-17(12-8-15)20-18(13-19)16-9-5-14(2)6-10-16/h5-12,18H,3-4,13,19H2,1-2H3. The lowest BCUT2D eigenvalue weighted by atomic mass is 10.1. The monoisotopic (exact) mass is 269 g/mol. The van der Waals surface area contributed by atoms with Gasteiger partial charge < -0.3 is 10.5 Å². The molecule has 20 heavy (non-hydrogen) atoms. The lowest BCUT2D eigenvalue weighted by Gasteiger charge is -2.18. The zero-order valence-electron chi connectivity index (χ0n) is 12.3. The number of hydrogen-bond acceptors (Lipinski definition) is 2. The Morgan fingerprint density at radius 2 is 1.65 bits per heavy atom. The molecule has 2 heteroatoms. The fourth-order valence-electron chi connectivity index (χ4n) is 2.22. The van der Waals surface area contributed by atoms with E-state index in [2.05, 4.69) is 50.2 Å². The Morgan fingerprint density at radius 1 is 1.00 bits per heavy atom. The quantitative estimate of drug-likeness (QED) is 0.859. The van der Waals surface area contributed by atoms with Gasteiger partial charge in [0.2, 0.25) is 0 Å². The summed E-state index contributed by atoms with van der Waals surface area (Å²) in [5.74, 6) is 0.876. The van der Waals surface area contributed by atoms with E-state index in [9.17, 15) is 0 Å². The minimum Gasteiger partial charge on any atom is -0.484 e. The van der Waals surface area contributed by atoms with Crippen molar-refractivity contribution in [1.82, 2.24) is 0 Å². The van der Waals surface area contributed by atoms with Crippen LogP contribution in [-0.4, -0.2) is 6.54 Å². The first kappa shape index (κ1) is 14.6. The maximum Gasteiger partial charge on any atom is 0.136 e. The van der Waals surface area contributed by atoms with Crippen LogP contribution in [0.4, 0.5) is 0 Å². The second-order valence-electron chi connectivity index (χ2n) is 5.15. The Labute approximate surface area is 121 Å². The van der Waals surface area contributed by atoms with Gasteiger partial charge in [-0.1, -0.05) is 55.3 Å². The molecule has 0 saturated carbocycles. The van der Waals surface area contributed by atoms with E-state index in [0.29, 0.717) is 6.54 Å². The number of ether oxygens (including phenoxy) is 1. The molecule has 2 N–H and O–H groups in total. The normalized spacial score (nSPS) is 12.2. The van der Waals surface area contributed by atoms with Gasteiger partial charge >= 0.3 is 0 Å². The molecule has 0 aliphatic carbocycles. The van der Waals surface area contributed by atoms with Crippen LogP contribution in [0.5, 0.6) is 5.75 Å². The van der Waals surface area contributed by atoms with Crippen molar-refractivity contribution in [3.8, 4) is 5.75 Å². The minimum atomic E-state index is -0.0902. The van der Waals surface area contributed by atoms with Gasteiger partial charge in [-0.25, -0.2) is 0 Å². The van der Waals surface area contributed by atoms with Crippen LogP contribution in [0.15, 0.2) is 48.5 Å². The summed E-state index contributed by atoms with van der Waals surface area (Å²) in [6, 6.07) is 16.7. The maximum absolute atomic E-state index is 6.00. The smallest absolute Gasteiger partial charge is 0.136 e. The Hall–Kier alpha value is -1.80. The molecular weight excluding hydrogens is 246 g/mol. The van der Waals surface area contributed by atoms with Crippen molar-refractivity contribution in [3.63, 3.8) is 0 Å². The van der Waals surface area contributed by atoms with Crippen molar-refractivity contribution in [1.29, 1.82) is 0 Å². The largest absolute Gasteiger partial charge is 0.484 e. The summed E-state index contributed by atoms with van der Waals surface area (Å²) in [6.45, 7) is 4.74. The maximum atomic E-state index is 6.00. The summed E-state index contributed by atoms with van der Waals surface area (Å²) >= 11 is 0. The second kappa shape index (κ2) is 7.11. The van der Waals surface area contributed by atoms with E-state index in [-0.39, 0.29) is 6.10 Å². The van der Waals surface area contributed by atoms with Gasteiger partial charge in [0.15, 0.2) is 0 Å². The van der Waals surface area contributed by atoms with Crippen LogP contribution in [0.1, 0.15) is 36.1 Å². The molecular formula is C18H23NO. The predicted octanol–water partition coefficient (Wildman–Crippen LogP) is 4.03. The molecule has 2 rings (SSSR count). The third kappa shape index (κ3) is 3.84. The summed E-state index contributed by atoms with van der Waals surface area (Å²) < 4.78 is 6.00. The van der Waals surface area contributed by atoms with Crippen molar-refractivity contribution in [2.75, 3.05) is 6.54 Å². The first-order valence-corrected chi connectivity index (χ1v) is 7.25. The Bertz CT molecular complexity index is 516. The van der Waals surface area contributed by atoms with E-state index in [1.165, 1.54) is 11.1 Å². The summed E-state index contributed by atoms with van der Waals surface area (Å²) in [4.78, 5) is 0. The number of hydrogen-bond donors (Lipinski definition) is 1. The van der Waals surface area contributed by atoms with Crippen molar-refractivity contribution in [2.24, 2.45) is 5.73 Å². The van der Waals surface area contributed by atoms with E-state index < -0.39 is 0 Å². The molecule has 0 aromatic heterocycles. The lowest BCUT2D eigenvalue weighted by molar-refractivity contribution is 0.214. The molecule has 0 bridgehead atoms. The molecule has 1 unspecified atom stereocenters. The number of nitrogens with two attached hydrogens (primary N) is 1. The third-order valence-electron chi connectivity index (χ3n) is 3.40. The molecule has 2 nitrogen and oxygen atoms in total. The predicted molar refractivity (Wildman–Crippen MR) is 84.0 cm³/mol. The van der Waals surface area contributed by atoms with E-state index in [0.717, 1.165) is 24.2 Å². The van der Waals surface area contributed by atoms with E-state index in [4.69, 9.17) is 10.5 Å². The van der Waals surface area contributed by atoms with Crippen molar-refractivity contribution in [3.05, 3.63) is 65.2 Å². The first-order chi connectivity index (χ1) is 9.72. The third-order valence-corrected chi connectivity index (χ3v) is 3.40. The Balaban J connectivity index is 2.07. The van der Waals surface area contributed by atoms with Crippen LogP contribution >= 0.6 is 0 Å². The van der Waals surface area contributed by atoms with E-state index in [1.807, 2.05) is 12.1 Å². The van der Waals surface area contributed by atoms with Gasteiger partial charge in [-0.2, -0.15) is 0 Å². The summed E-state index contributed by atoms with van der Waals surface area (Å²) in [5.41, 5.74) is 9.56. The van der Waals surface area contributed by atoms with Gasteiger partial charge in [0.1, 0.15) is 11.9 Å². The molecule has 2 aromatic rings. The highest BCUT2D eigenvalue weighted by Crippen LogP contribution is 2.22. The molecule has 0 aliphatic rings. The highest BCUT2D eigenvalue weighted by Gasteiger charge is 2.11. The highest BCUT2D eigenvalue weighted by atomic mass is 16.5. The number of rotatable bonds is 6. The SMILES string of the molecule is CCCc1ccc(OC(CN)c2ccc(C)cc2)cc1. The van der Waals surface area contributed by atoms with Crippen LogP contribution in [0, 0.1) is 6.92 Å². The lowest BCUT2D eigenvalue weighted by Crippen LogP contribution is -2.18. The average Bonchev–Trinajstić information content (AvgIpc) is 2.48. The van der Waals surface area contributed by atoms with Crippen molar-refractivity contribution >= 4 is 0 Å². The molecule has 0 heterocycles. The van der Waals surface area contributed by atoms with Gasteiger partial charge in [-0.05, 0) is 36.6 Å². The molecule has 0 radical (unpaired) electrons. The summed E-state index contributed by atoms with van der Waals surface area (Å²) in [6.07, 6.45) is 2.18. The molecule has 2 aromatic carbocycles. The van der Waals surface area contributed by atoms with Gasteiger partial charge in [0.25, 0.3) is 0 Å². The van der Waals surface area contributed by atoms with Gasteiger partial charge in [-0.3, -0.25) is 0 Å². The average molecular weight is 269 g/mol. The topological polar surface area (TPSA) is 35.2 Å². The van der Waals surface area contributed by atoms with E-state index in [1.54, 1.807) is 0 Å². The number of benzene rings is 2. The molecule has 0 aliphatic heterocycles. The Morgan fingerprint density at radius 3 is 2.20 bits per heavy atom. The van der Waals surface area contributed by atoms with Crippen LogP contribution in [0.25, 0.3) is 0 Å². The van der Waals surface area contributed by atoms with Gasteiger partial charge in [-0.15, -0.1) is 0 Å². The van der Waals surface area contributed by atoms with Crippen LogP contribution in [0.2, 0.25) is 0 Å². The van der Waals surface area contributed by atoms with E-state index >= 15 is 0 Å². The fourth-order valence-corrected chi connectivity index (χ4v) is 2.22. The van der Waals surface area contributed by atoms with Crippen LogP contribution < -0.4 is 10.5 Å². The number of aryl methyl sites for hydroxylation is 2. The summed E-state index contributed by atoms with van der Waals surface area (Å²) in [5, 5.41) is 0. The second-order valence-corrected chi connectivity index (χ2v) is 5.15. The molecule has 0 amide bonds. The Kier molecular flexibility index (Phi) is 5.19. The van der Waals surface area contributed by atoms with Crippen molar-refractivity contribution in [2.45, 2.75) is 32.8 Å². The van der Waals surface area contributed by atoms with Gasteiger partial charge in [0, 0.05) is 6.54 Å². The highest BCUT2D eigenvalue weighted by molar-refractivity contribution is 5.29. The zero-order chi connectivity index (χ0) is 14.4. The minimum absolute atomic E-state index is 0.0902. The first-order valence-electron chi connectivity index (χ1n) is 7.25. The van der Waals surface area contributed by atoms with Crippen LogP contribution in [-0.2, 0) is 6.42 Å². The van der Waals surface area contributed by atoms with Gasteiger partial charge in [0.05, 0.1) is 0 Å². The van der Waals surface area contributed by atoms with Crippen LogP contribution in [0.3, 0.4) is 0 Å².